The first-order valence-electron chi connectivity index (χ1n) is 5.73. The Bertz CT molecular complexity index is 431. The summed E-state index contributed by atoms with van der Waals surface area (Å²) in [6.45, 7) is 2.67. The molecule has 0 atom stereocenters. The molecule has 0 amide bonds. The highest BCUT2D eigenvalue weighted by molar-refractivity contribution is 6.31. The predicted octanol–water partition coefficient (Wildman–Crippen LogP) is 3.14. The highest BCUT2D eigenvalue weighted by atomic mass is 35.5. The van der Waals surface area contributed by atoms with E-state index in [-0.39, 0.29) is 10.6 Å². The summed E-state index contributed by atoms with van der Waals surface area (Å²) in [5.74, 6) is 0.758. The van der Waals surface area contributed by atoms with Gasteiger partial charge < -0.3 is 5.32 Å². The molecular formula is C12H15ClN2O2. The maximum Gasteiger partial charge on any atom is 0.275 e. The van der Waals surface area contributed by atoms with Crippen molar-refractivity contribution in [3.63, 3.8) is 0 Å². The van der Waals surface area contributed by atoms with E-state index in [0.29, 0.717) is 23.2 Å². The molecule has 1 N–H and O–H groups in total. The van der Waals surface area contributed by atoms with E-state index >= 15 is 0 Å². The van der Waals surface area contributed by atoms with Crippen molar-refractivity contribution in [2.45, 2.75) is 32.4 Å². The fourth-order valence-electron chi connectivity index (χ4n) is 2.21. The third-order valence-electron chi connectivity index (χ3n) is 3.23. The standard InChI is InChI=1S/C12H15ClN2O2/c1-8-5-9(6-8)14-7-10-11(13)3-2-4-12(10)15(16)17/h2-4,8-9,14H,5-7H2,1H3. The number of nitrogens with one attached hydrogen (secondary N) is 1. The first kappa shape index (κ1) is 12.3. The Kier molecular flexibility index (Phi) is 3.64. The van der Waals surface area contributed by atoms with Crippen molar-refractivity contribution in [2.75, 3.05) is 0 Å². The van der Waals surface area contributed by atoms with Gasteiger partial charge in [0.2, 0.25) is 0 Å². The number of nitro benzene ring substituents is 1. The molecule has 5 heteroatoms. The molecule has 1 aromatic rings. The number of hydrogen-bond donors (Lipinski definition) is 1. The van der Waals surface area contributed by atoms with Crippen LogP contribution < -0.4 is 5.32 Å². The molecule has 0 aromatic heterocycles. The molecule has 0 radical (unpaired) electrons. The van der Waals surface area contributed by atoms with Crippen LogP contribution in [0.4, 0.5) is 5.69 Å². The van der Waals surface area contributed by atoms with Crippen molar-refractivity contribution in [3.8, 4) is 0 Å². The first-order valence-corrected chi connectivity index (χ1v) is 6.11. The van der Waals surface area contributed by atoms with Gasteiger partial charge in [0.05, 0.1) is 15.5 Å². The van der Waals surface area contributed by atoms with Crippen LogP contribution >= 0.6 is 11.6 Å². The minimum atomic E-state index is -0.383. The second-order valence-corrected chi connectivity index (χ2v) is 5.06. The molecule has 1 aliphatic rings. The van der Waals surface area contributed by atoms with Crippen LogP contribution in [0.2, 0.25) is 5.02 Å². The molecule has 17 heavy (non-hydrogen) atoms. The number of rotatable bonds is 4. The molecule has 0 heterocycles. The molecule has 1 aromatic carbocycles. The minimum absolute atomic E-state index is 0.0948. The van der Waals surface area contributed by atoms with E-state index in [0.717, 1.165) is 18.8 Å². The predicted molar refractivity (Wildman–Crippen MR) is 67.1 cm³/mol. The van der Waals surface area contributed by atoms with E-state index in [2.05, 4.69) is 12.2 Å². The maximum absolute atomic E-state index is 10.9. The fourth-order valence-corrected chi connectivity index (χ4v) is 2.45. The van der Waals surface area contributed by atoms with Crippen LogP contribution in [0.15, 0.2) is 18.2 Å². The lowest BCUT2D eigenvalue weighted by molar-refractivity contribution is -0.385. The summed E-state index contributed by atoms with van der Waals surface area (Å²) in [6.07, 6.45) is 2.27. The molecule has 92 valence electrons. The SMILES string of the molecule is CC1CC(NCc2c(Cl)cccc2[N+](=O)[O-])C1. The minimum Gasteiger partial charge on any atom is -0.310 e. The fraction of sp³-hybridized carbons (Fsp3) is 0.500. The van der Waals surface area contributed by atoms with Crippen molar-refractivity contribution < 1.29 is 4.92 Å². The van der Waals surface area contributed by atoms with Crippen LogP contribution in [0, 0.1) is 16.0 Å². The lowest BCUT2D eigenvalue weighted by atomic mass is 9.82. The van der Waals surface area contributed by atoms with Gasteiger partial charge in [0, 0.05) is 18.7 Å². The van der Waals surface area contributed by atoms with E-state index in [1.807, 2.05) is 0 Å². The Morgan fingerprint density at radius 1 is 1.53 bits per heavy atom. The van der Waals surface area contributed by atoms with E-state index in [1.165, 1.54) is 6.07 Å². The summed E-state index contributed by atoms with van der Waals surface area (Å²) in [7, 11) is 0. The Balaban J connectivity index is 2.06. The number of hydrogen-bond acceptors (Lipinski definition) is 3. The van der Waals surface area contributed by atoms with Gasteiger partial charge >= 0.3 is 0 Å². The second-order valence-electron chi connectivity index (χ2n) is 4.65. The van der Waals surface area contributed by atoms with Gasteiger partial charge in [-0.15, -0.1) is 0 Å². The summed E-state index contributed by atoms with van der Waals surface area (Å²) >= 11 is 6.00. The van der Waals surface area contributed by atoms with E-state index in [4.69, 9.17) is 11.6 Å². The highest BCUT2D eigenvalue weighted by Gasteiger charge is 2.26. The molecule has 1 saturated carbocycles. The van der Waals surface area contributed by atoms with Gasteiger partial charge in [-0.3, -0.25) is 10.1 Å². The smallest absolute Gasteiger partial charge is 0.275 e. The van der Waals surface area contributed by atoms with Crippen LogP contribution in [0.5, 0.6) is 0 Å². The third kappa shape index (κ3) is 2.76. The third-order valence-corrected chi connectivity index (χ3v) is 3.59. The average molecular weight is 255 g/mol. The quantitative estimate of drug-likeness (QED) is 0.663. The Hall–Kier alpha value is -1.13. The molecule has 0 spiro atoms. The van der Waals surface area contributed by atoms with Gasteiger partial charge in [-0.1, -0.05) is 24.6 Å². The number of halogens is 1. The lowest BCUT2D eigenvalue weighted by Crippen LogP contribution is -2.39. The van der Waals surface area contributed by atoms with Crippen molar-refractivity contribution in [1.82, 2.24) is 5.32 Å². The lowest BCUT2D eigenvalue weighted by Gasteiger charge is -2.33. The van der Waals surface area contributed by atoms with Crippen LogP contribution in [-0.4, -0.2) is 11.0 Å². The van der Waals surface area contributed by atoms with Gasteiger partial charge in [-0.05, 0) is 24.8 Å². The van der Waals surface area contributed by atoms with Crippen LogP contribution in [0.1, 0.15) is 25.3 Å². The summed E-state index contributed by atoms with van der Waals surface area (Å²) in [6, 6.07) is 5.26. The van der Waals surface area contributed by atoms with Crippen molar-refractivity contribution in [2.24, 2.45) is 5.92 Å². The molecular weight excluding hydrogens is 240 g/mol. The monoisotopic (exact) mass is 254 g/mol. The van der Waals surface area contributed by atoms with Crippen LogP contribution in [0.3, 0.4) is 0 Å². The molecule has 1 aliphatic carbocycles. The zero-order chi connectivity index (χ0) is 12.4. The van der Waals surface area contributed by atoms with Crippen molar-refractivity contribution in [3.05, 3.63) is 38.9 Å². The highest BCUT2D eigenvalue weighted by Crippen LogP contribution is 2.29. The maximum atomic E-state index is 10.9. The van der Waals surface area contributed by atoms with E-state index in [9.17, 15) is 10.1 Å². The second kappa shape index (κ2) is 5.02. The molecule has 2 rings (SSSR count). The number of benzene rings is 1. The zero-order valence-electron chi connectivity index (χ0n) is 9.65. The van der Waals surface area contributed by atoms with Crippen LogP contribution in [0.25, 0.3) is 0 Å². The Morgan fingerprint density at radius 3 is 2.82 bits per heavy atom. The zero-order valence-corrected chi connectivity index (χ0v) is 10.4. The summed E-state index contributed by atoms with van der Waals surface area (Å²) in [5.41, 5.74) is 0.677. The molecule has 4 nitrogen and oxygen atoms in total. The van der Waals surface area contributed by atoms with Gasteiger partial charge in [0.1, 0.15) is 0 Å². The summed E-state index contributed by atoms with van der Waals surface area (Å²) in [5, 5.41) is 14.6. The molecule has 0 aliphatic heterocycles. The Morgan fingerprint density at radius 2 is 2.24 bits per heavy atom. The Labute approximate surface area is 105 Å². The summed E-state index contributed by atoms with van der Waals surface area (Å²) in [4.78, 5) is 10.5. The van der Waals surface area contributed by atoms with Crippen molar-refractivity contribution >= 4 is 17.3 Å². The normalized spacial score (nSPS) is 23.2. The average Bonchev–Trinajstić information content (AvgIpc) is 2.23. The van der Waals surface area contributed by atoms with Crippen LogP contribution in [-0.2, 0) is 6.54 Å². The largest absolute Gasteiger partial charge is 0.310 e. The molecule has 0 bridgehead atoms. The number of nitrogens with zero attached hydrogens (tertiary/aromatic N) is 1. The van der Waals surface area contributed by atoms with Gasteiger partial charge in [0.25, 0.3) is 5.69 Å². The molecule has 0 unspecified atom stereocenters. The van der Waals surface area contributed by atoms with Gasteiger partial charge in [0.15, 0.2) is 0 Å². The van der Waals surface area contributed by atoms with E-state index < -0.39 is 0 Å². The van der Waals surface area contributed by atoms with Gasteiger partial charge in [-0.2, -0.15) is 0 Å². The van der Waals surface area contributed by atoms with Gasteiger partial charge in [-0.25, -0.2) is 0 Å². The first-order chi connectivity index (χ1) is 8.08. The molecule has 0 saturated heterocycles. The summed E-state index contributed by atoms with van der Waals surface area (Å²) < 4.78 is 0. The van der Waals surface area contributed by atoms with Crippen molar-refractivity contribution in [1.29, 1.82) is 0 Å². The van der Waals surface area contributed by atoms with E-state index in [1.54, 1.807) is 12.1 Å². The topological polar surface area (TPSA) is 55.2 Å². The molecule has 1 fully saturated rings. The number of nitro groups is 1.